The van der Waals surface area contributed by atoms with Crippen LogP contribution in [-0.2, 0) is 13.1 Å². The van der Waals surface area contributed by atoms with E-state index in [4.69, 9.17) is 0 Å². The predicted octanol–water partition coefficient (Wildman–Crippen LogP) is 4.73. The third-order valence-electron chi connectivity index (χ3n) is 4.33. The van der Waals surface area contributed by atoms with Gasteiger partial charge in [0.25, 0.3) is 0 Å². The second-order valence-corrected chi connectivity index (χ2v) is 7.15. The molecular formula is C18H24N2S. The van der Waals surface area contributed by atoms with Gasteiger partial charge in [0, 0.05) is 36.9 Å². The molecule has 0 aromatic carbocycles. The fourth-order valence-corrected chi connectivity index (χ4v) is 4.04. The Bertz CT molecular complexity index is 503. The summed E-state index contributed by atoms with van der Waals surface area (Å²) in [6, 6.07) is 8.64. The van der Waals surface area contributed by atoms with Gasteiger partial charge < -0.3 is 0 Å². The standard InChI is InChI=1S/C18H24N2S/c1-2-6-16(7-3-1)13-20(15-18-9-5-11-21-18)14-17-8-4-10-19-12-17/h4-5,8-12,16H,1-3,6-7,13-15H2. The molecule has 1 saturated carbocycles. The fourth-order valence-electron chi connectivity index (χ4n) is 3.29. The largest absolute Gasteiger partial charge is 0.294 e. The van der Waals surface area contributed by atoms with Crippen molar-refractivity contribution in [2.24, 2.45) is 5.92 Å². The second kappa shape index (κ2) is 7.71. The van der Waals surface area contributed by atoms with Crippen LogP contribution in [0.25, 0.3) is 0 Å². The van der Waals surface area contributed by atoms with E-state index >= 15 is 0 Å². The zero-order chi connectivity index (χ0) is 14.3. The van der Waals surface area contributed by atoms with E-state index in [0.29, 0.717) is 0 Å². The van der Waals surface area contributed by atoms with Gasteiger partial charge in [0.15, 0.2) is 0 Å². The topological polar surface area (TPSA) is 16.1 Å². The van der Waals surface area contributed by atoms with Crippen molar-refractivity contribution in [3.8, 4) is 0 Å². The van der Waals surface area contributed by atoms with Crippen molar-refractivity contribution in [2.75, 3.05) is 6.54 Å². The monoisotopic (exact) mass is 300 g/mol. The summed E-state index contributed by atoms with van der Waals surface area (Å²) < 4.78 is 0. The Kier molecular flexibility index (Phi) is 5.41. The van der Waals surface area contributed by atoms with Crippen LogP contribution in [0.2, 0.25) is 0 Å². The number of thiophene rings is 1. The molecule has 0 N–H and O–H groups in total. The van der Waals surface area contributed by atoms with E-state index in [1.807, 2.05) is 29.8 Å². The molecule has 0 aliphatic heterocycles. The summed E-state index contributed by atoms with van der Waals surface area (Å²) in [5, 5.41) is 2.18. The first kappa shape index (κ1) is 14.7. The van der Waals surface area contributed by atoms with E-state index < -0.39 is 0 Å². The van der Waals surface area contributed by atoms with Crippen molar-refractivity contribution < 1.29 is 0 Å². The van der Waals surface area contributed by atoms with Crippen LogP contribution in [0.3, 0.4) is 0 Å². The molecular weight excluding hydrogens is 276 g/mol. The van der Waals surface area contributed by atoms with Gasteiger partial charge in [-0.25, -0.2) is 0 Å². The Balaban J connectivity index is 1.64. The maximum atomic E-state index is 4.26. The number of hydrogen-bond acceptors (Lipinski definition) is 3. The summed E-state index contributed by atoms with van der Waals surface area (Å²) in [5.74, 6) is 0.885. The predicted molar refractivity (Wildman–Crippen MR) is 89.2 cm³/mol. The van der Waals surface area contributed by atoms with E-state index in [9.17, 15) is 0 Å². The van der Waals surface area contributed by atoms with Crippen molar-refractivity contribution in [3.05, 3.63) is 52.5 Å². The Hall–Kier alpha value is -1.19. The Labute approximate surface area is 131 Å². The molecule has 1 fully saturated rings. The summed E-state index contributed by atoms with van der Waals surface area (Å²) >= 11 is 1.87. The van der Waals surface area contributed by atoms with E-state index in [1.54, 1.807) is 0 Å². The van der Waals surface area contributed by atoms with Crippen molar-refractivity contribution in [2.45, 2.75) is 45.2 Å². The summed E-state index contributed by atoms with van der Waals surface area (Å²) in [5.41, 5.74) is 1.32. The minimum atomic E-state index is 0.885. The molecule has 1 aliphatic rings. The SMILES string of the molecule is c1cncc(CN(Cc2cccs2)CC2CCCCC2)c1. The van der Waals surface area contributed by atoms with Gasteiger partial charge in [-0.3, -0.25) is 9.88 Å². The average molecular weight is 300 g/mol. The molecule has 0 saturated heterocycles. The molecule has 1 aliphatic carbocycles. The highest BCUT2D eigenvalue weighted by Gasteiger charge is 2.18. The number of pyridine rings is 1. The number of nitrogens with zero attached hydrogens (tertiary/aromatic N) is 2. The zero-order valence-corrected chi connectivity index (χ0v) is 13.4. The number of aromatic nitrogens is 1. The van der Waals surface area contributed by atoms with Gasteiger partial charge in [-0.05, 0) is 41.8 Å². The highest BCUT2D eigenvalue weighted by Crippen LogP contribution is 2.26. The molecule has 2 aromatic rings. The molecule has 0 bridgehead atoms. The number of rotatable bonds is 6. The van der Waals surface area contributed by atoms with Crippen LogP contribution < -0.4 is 0 Å². The van der Waals surface area contributed by atoms with Crippen molar-refractivity contribution >= 4 is 11.3 Å². The third-order valence-corrected chi connectivity index (χ3v) is 5.19. The normalized spacial score (nSPS) is 16.4. The highest BCUT2D eigenvalue weighted by atomic mass is 32.1. The molecule has 21 heavy (non-hydrogen) atoms. The van der Waals surface area contributed by atoms with Crippen LogP contribution in [0.1, 0.15) is 42.5 Å². The fraction of sp³-hybridized carbons (Fsp3) is 0.500. The summed E-state index contributed by atoms with van der Waals surface area (Å²) in [6.45, 7) is 3.32. The lowest BCUT2D eigenvalue weighted by Crippen LogP contribution is -2.29. The van der Waals surface area contributed by atoms with Crippen LogP contribution in [0.4, 0.5) is 0 Å². The smallest absolute Gasteiger partial charge is 0.0331 e. The first-order valence-corrected chi connectivity index (χ1v) is 8.92. The van der Waals surface area contributed by atoms with Crippen molar-refractivity contribution in [3.63, 3.8) is 0 Å². The first-order chi connectivity index (χ1) is 10.4. The lowest BCUT2D eigenvalue weighted by molar-refractivity contribution is 0.188. The van der Waals surface area contributed by atoms with Crippen LogP contribution in [-0.4, -0.2) is 16.4 Å². The van der Waals surface area contributed by atoms with E-state index in [2.05, 4.69) is 33.5 Å². The van der Waals surface area contributed by atoms with Gasteiger partial charge in [-0.15, -0.1) is 11.3 Å². The quantitative estimate of drug-likeness (QED) is 0.767. The molecule has 0 radical (unpaired) electrons. The average Bonchev–Trinajstić information content (AvgIpc) is 3.02. The molecule has 2 heterocycles. The molecule has 2 aromatic heterocycles. The second-order valence-electron chi connectivity index (χ2n) is 6.11. The molecule has 0 unspecified atom stereocenters. The van der Waals surface area contributed by atoms with E-state index in [0.717, 1.165) is 19.0 Å². The molecule has 3 rings (SSSR count). The molecule has 112 valence electrons. The van der Waals surface area contributed by atoms with Crippen LogP contribution in [0.15, 0.2) is 42.0 Å². The summed E-state index contributed by atoms with van der Waals surface area (Å²) in [7, 11) is 0. The molecule has 3 heteroatoms. The van der Waals surface area contributed by atoms with Gasteiger partial charge in [-0.2, -0.15) is 0 Å². The van der Waals surface area contributed by atoms with Gasteiger partial charge in [0.2, 0.25) is 0 Å². The third kappa shape index (κ3) is 4.65. The van der Waals surface area contributed by atoms with Crippen LogP contribution in [0.5, 0.6) is 0 Å². The Morgan fingerprint density at radius 3 is 2.71 bits per heavy atom. The maximum Gasteiger partial charge on any atom is 0.0331 e. The van der Waals surface area contributed by atoms with Crippen LogP contribution in [0, 0.1) is 5.92 Å². The van der Waals surface area contributed by atoms with E-state index in [-0.39, 0.29) is 0 Å². The lowest BCUT2D eigenvalue weighted by Gasteiger charge is -2.29. The Morgan fingerprint density at radius 2 is 2.00 bits per heavy atom. The van der Waals surface area contributed by atoms with Crippen molar-refractivity contribution in [1.82, 2.24) is 9.88 Å². The molecule has 0 amide bonds. The number of hydrogen-bond donors (Lipinski definition) is 0. The maximum absolute atomic E-state index is 4.26. The highest BCUT2D eigenvalue weighted by molar-refractivity contribution is 7.09. The molecule has 2 nitrogen and oxygen atoms in total. The summed E-state index contributed by atoms with van der Waals surface area (Å²) in [6.07, 6.45) is 11.0. The molecule has 0 atom stereocenters. The van der Waals surface area contributed by atoms with Gasteiger partial charge >= 0.3 is 0 Å². The van der Waals surface area contributed by atoms with Gasteiger partial charge in [0.05, 0.1) is 0 Å². The van der Waals surface area contributed by atoms with Crippen molar-refractivity contribution in [1.29, 1.82) is 0 Å². The van der Waals surface area contributed by atoms with Crippen LogP contribution >= 0.6 is 11.3 Å². The molecule has 0 spiro atoms. The zero-order valence-electron chi connectivity index (χ0n) is 12.6. The lowest BCUT2D eigenvalue weighted by atomic mass is 9.89. The first-order valence-electron chi connectivity index (χ1n) is 8.04. The minimum Gasteiger partial charge on any atom is -0.294 e. The van der Waals surface area contributed by atoms with Gasteiger partial charge in [0.1, 0.15) is 0 Å². The Morgan fingerprint density at radius 1 is 1.10 bits per heavy atom. The van der Waals surface area contributed by atoms with Gasteiger partial charge in [-0.1, -0.05) is 31.4 Å². The summed E-state index contributed by atoms with van der Waals surface area (Å²) in [4.78, 5) is 8.33. The minimum absolute atomic E-state index is 0.885. The van der Waals surface area contributed by atoms with E-state index in [1.165, 1.54) is 49.1 Å².